The minimum absolute atomic E-state index is 0.0741. The third-order valence-corrected chi connectivity index (χ3v) is 12.6. The first-order valence-corrected chi connectivity index (χ1v) is 26.0. The Labute approximate surface area is 365 Å². The first-order chi connectivity index (χ1) is 29.0. The van der Waals surface area contributed by atoms with Crippen LogP contribution in [0.15, 0.2) is 12.2 Å². The first-order valence-electron chi connectivity index (χ1n) is 24.5. The minimum atomic E-state index is -5.02. The fourth-order valence-corrected chi connectivity index (χ4v) is 8.68. The van der Waals surface area contributed by atoms with E-state index in [1.54, 1.807) is 0 Å². The lowest BCUT2D eigenvalue weighted by Crippen LogP contribution is -2.64. The quantitative estimate of drug-likeness (QED) is 0.0147. The van der Waals surface area contributed by atoms with Crippen molar-refractivity contribution in [2.45, 2.75) is 262 Å². The summed E-state index contributed by atoms with van der Waals surface area (Å²) < 4.78 is 34.2. The average Bonchev–Trinajstić information content (AvgIpc) is 3.23. The Morgan fingerprint density at radius 3 is 1.32 bits per heavy atom. The molecule has 0 aromatic heterocycles. The van der Waals surface area contributed by atoms with Gasteiger partial charge in [0.05, 0.1) is 13.2 Å². The van der Waals surface area contributed by atoms with Gasteiger partial charge in [-0.25, -0.2) is 4.57 Å². The molecule has 356 valence electrons. The Balaban J connectivity index is 2.35. The second-order valence-electron chi connectivity index (χ2n) is 17.3. The minimum Gasteiger partial charge on any atom is -0.457 e. The molecule has 6 N–H and O–H groups in total. The first kappa shape index (κ1) is 57.1. The Hall–Kier alpha value is -0.920. The number of aliphatic hydroxyl groups is 5. The smallest absolute Gasteiger partial charge is 0.457 e. The van der Waals surface area contributed by atoms with E-state index in [0.29, 0.717) is 13.0 Å². The van der Waals surface area contributed by atoms with Gasteiger partial charge in [0, 0.05) is 13.0 Å². The highest BCUT2D eigenvalue weighted by molar-refractivity contribution is 7.47. The molecule has 0 saturated heterocycles. The number of ether oxygens (including phenoxy) is 2. The van der Waals surface area contributed by atoms with E-state index >= 15 is 0 Å². The van der Waals surface area contributed by atoms with Gasteiger partial charge >= 0.3 is 13.8 Å². The summed E-state index contributed by atoms with van der Waals surface area (Å²) in [6.45, 7) is 4.27. The summed E-state index contributed by atoms with van der Waals surface area (Å²) in [6, 6.07) is 0. The maximum Gasteiger partial charge on any atom is 0.472 e. The molecule has 6 atom stereocenters. The van der Waals surface area contributed by atoms with Gasteiger partial charge < -0.3 is 39.9 Å². The lowest BCUT2D eigenvalue weighted by atomic mass is 9.85. The van der Waals surface area contributed by atoms with Crippen LogP contribution in [0.25, 0.3) is 0 Å². The third kappa shape index (κ3) is 30.2. The number of phosphoric acid groups is 1. The van der Waals surface area contributed by atoms with Gasteiger partial charge in [0.1, 0.15) is 42.7 Å². The number of unbranched alkanes of at least 4 members (excludes halogenated alkanes) is 28. The summed E-state index contributed by atoms with van der Waals surface area (Å²) >= 11 is 0. The molecule has 1 fully saturated rings. The van der Waals surface area contributed by atoms with E-state index in [1.165, 1.54) is 135 Å². The normalized spacial score (nSPS) is 22.3. The topological polar surface area (TPSA) is 192 Å². The number of aliphatic hydroxyl groups excluding tert-OH is 5. The summed E-state index contributed by atoms with van der Waals surface area (Å²) in [5.74, 6) is -0.482. The van der Waals surface area contributed by atoms with Gasteiger partial charge in [-0.2, -0.15) is 0 Å². The fraction of sp³-hybridized carbons (Fsp3) is 0.936. The molecule has 0 aliphatic heterocycles. The summed E-state index contributed by atoms with van der Waals surface area (Å²) in [4.78, 5) is 23.2. The molecule has 1 saturated carbocycles. The van der Waals surface area contributed by atoms with Crippen LogP contribution in [0.2, 0.25) is 0 Å². The number of carbonyl (C=O) groups is 1. The molecule has 1 aliphatic rings. The molecule has 0 heterocycles. The van der Waals surface area contributed by atoms with Gasteiger partial charge in [0.2, 0.25) is 0 Å². The predicted octanol–water partition coefficient (Wildman–Crippen LogP) is 10.3. The highest BCUT2D eigenvalue weighted by Gasteiger charge is 2.51. The van der Waals surface area contributed by atoms with Gasteiger partial charge in [-0.05, 0) is 38.5 Å². The zero-order chi connectivity index (χ0) is 44.1. The van der Waals surface area contributed by atoms with Gasteiger partial charge in [-0.15, -0.1) is 0 Å². The monoisotopic (exact) mass is 879 g/mol. The Morgan fingerprint density at radius 1 is 0.517 bits per heavy atom. The molecule has 12 nitrogen and oxygen atoms in total. The van der Waals surface area contributed by atoms with Gasteiger partial charge in [-0.3, -0.25) is 13.8 Å². The van der Waals surface area contributed by atoms with E-state index in [0.717, 1.165) is 57.8 Å². The zero-order valence-electron chi connectivity index (χ0n) is 38.0. The van der Waals surface area contributed by atoms with Crippen molar-refractivity contribution in [3.8, 4) is 0 Å². The van der Waals surface area contributed by atoms with E-state index < -0.39 is 63.1 Å². The van der Waals surface area contributed by atoms with E-state index in [9.17, 15) is 39.8 Å². The van der Waals surface area contributed by atoms with Crippen LogP contribution in [0.3, 0.4) is 0 Å². The van der Waals surface area contributed by atoms with Crippen LogP contribution >= 0.6 is 7.82 Å². The molecule has 6 unspecified atom stereocenters. The number of hydrogen-bond acceptors (Lipinski definition) is 11. The number of esters is 1. The van der Waals surface area contributed by atoms with Gasteiger partial charge in [0.25, 0.3) is 0 Å². The van der Waals surface area contributed by atoms with E-state index in [2.05, 4.69) is 26.0 Å². The zero-order valence-corrected chi connectivity index (χ0v) is 38.9. The van der Waals surface area contributed by atoms with Crippen molar-refractivity contribution in [1.29, 1.82) is 0 Å². The van der Waals surface area contributed by atoms with Crippen molar-refractivity contribution in [2.24, 2.45) is 0 Å². The van der Waals surface area contributed by atoms with E-state index in [-0.39, 0.29) is 13.0 Å². The van der Waals surface area contributed by atoms with Crippen molar-refractivity contribution >= 4 is 13.8 Å². The van der Waals surface area contributed by atoms with Crippen LogP contribution in [0.5, 0.6) is 0 Å². The standard InChI is InChI=1S/C47H91O12P/c1-3-5-7-9-11-13-15-17-19-20-21-22-23-25-27-29-31-33-35-37-56-38-40(39-57-60(54,55)59-47-45(52)43(50)42(49)44(51)46(47)53)58-41(48)36-34-32-30-28-26-24-18-16-14-12-10-8-6-4-2/h16,18,40,42-47,49-53H,3-15,17,19-39H2,1-2H3,(H,54,55)/b18-16-. The number of allylic oxidation sites excluding steroid dienone is 2. The molecule has 0 bridgehead atoms. The van der Waals surface area contributed by atoms with Crippen LogP contribution in [0, 0.1) is 0 Å². The highest BCUT2D eigenvalue weighted by atomic mass is 31.2. The van der Waals surface area contributed by atoms with Crippen LogP contribution in [-0.4, -0.2) is 98.9 Å². The highest BCUT2D eigenvalue weighted by Crippen LogP contribution is 2.47. The molecule has 0 amide bonds. The Bertz CT molecular complexity index is 1050. The molecule has 0 radical (unpaired) electrons. The summed E-state index contributed by atoms with van der Waals surface area (Å²) in [5, 5.41) is 50.2. The van der Waals surface area contributed by atoms with Crippen LogP contribution < -0.4 is 0 Å². The predicted molar refractivity (Wildman–Crippen MR) is 240 cm³/mol. The van der Waals surface area contributed by atoms with Crippen molar-refractivity contribution in [3.05, 3.63) is 12.2 Å². The SMILES string of the molecule is CCCCCCC/C=C\CCCCCCCC(=O)OC(COCCCCCCCCCCCCCCCCCCCCC)COP(=O)(O)OC1C(O)C(O)C(O)C(O)C1O. The molecule has 13 heteroatoms. The fourth-order valence-electron chi connectivity index (χ4n) is 7.70. The van der Waals surface area contributed by atoms with E-state index in [1.807, 2.05) is 0 Å². The van der Waals surface area contributed by atoms with Crippen molar-refractivity contribution < 1.29 is 58.3 Å². The summed E-state index contributed by atoms with van der Waals surface area (Å²) in [5.41, 5.74) is 0. The van der Waals surface area contributed by atoms with Crippen LogP contribution in [-0.2, 0) is 27.9 Å². The molecule has 60 heavy (non-hydrogen) atoms. The number of rotatable bonds is 42. The second kappa shape index (κ2) is 38.5. The Morgan fingerprint density at radius 2 is 0.883 bits per heavy atom. The molecule has 0 spiro atoms. The van der Waals surface area contributed by atoms with Gasteiger partial charge in [-0.1, -0.05) is 187 Å². The van der Waals surface area contributed by atoms with E-state index in [4.69, 9.17) is 18.5 Å². The lowest BCUT2D eigenvalue weighted by molar-refractivity contribution is -0.220. The molecule has 1 aliphatic carbocycles. The number of carbonyl (C=O) groups excluding carboxylic acids is 1. The van der Waals surface area contributed by atoms with Gasteiger partial charge in [0.15, 0.2) is 0 Å². The summed E-state index contributed by atoms with van der Waals surface area (Å²) in [7, 11) is -5.02. The van der Waals surface area contributed by atoms with Crippen LogP contribution in [0.4, 0.5) is 0 Å². The summed E-state index contributed by atoms with van der Waals surface area (Å²) in [6.07, 6.45) is 29.9. The third-order valence-electron chi connectivity index (χ3n) is 11.6. The Kier molecular flexibility index (Phi) is 36.7. The largest absolute Gasteiger partial charge is 0.472 e. The molecular formula is C47H91O12P. The molecule has 0 aromatic carbocycles. The van der Waals surface area contributed by atoms with Crippen molar-refractivity contribution in [3.63, 3.8) is 0 Å². The van der Waals surface area contributed by atoms with Crippen molar-refractivity contribution in [2.75, 3.05) is 19.8 Å². The number of phosphoric ester groups is 1. The van der Waals surface area contributed by atoms with Crippen LogP contribution in [0.1, 0.15) is 219 Å². The maximum absolute atomic E-state index is 12.8. The molecular weight excluding hydrogens is 787 g/mol. The average molecular weight is 879 g/mol. The van der Waals surface area contributed by atoms with Crippen molar-refractivity contribution in [1.82, 2.24) is 0 Å². The molecule has 1 rings (SSSR count). The molecule has 0 aromatic rings. The number of hydrogen-bond donors (Lipinski definition) is 6. The second-order valence-corrected chi connectivity index (χ2v) is 18.7. The maximum atomic E-state index is 12.8. The lowest BCUT2D eigenvalue weighted by Gasteiger charge is -2.41.